The summed E-state index contributed by atoms with van der Waals surface area (Å²) < 4.78 is 5.56. The number of rotatable bonds is 1. The maximum Gasteiger partial charge on any atom is 0.200 e. The Morgan fingerprint density at radius 1 is 1.00 bits per heavy atom. The minimum atomic E-state index is 0.0162. The molecule has 1 aromatic heterocycles. The Kier molecular flexibility index (Phi) is 2.49. The third-order valence-electron chi connectivity index (χ3n) is 3.01. The van der Waals surface area contributed by atoms with Gasteiger partial charge in [-0.15, -0.1) is 0 Å². The lowest BCUT2D eigenvalue weighted by atomic mass is 10.1. The van der Waals surface area contributed by atoms with Crippen molar-refractivity contribution < 1.29 is 4.42 Å². The molecule has 0 amide bonds. The van der Waals surface area contributed by atoms with Crippen molar-refractivity contribution in [1.82, 2.24) is 0 Å². The van der Waals surface area contributed by atoms with Gasteiger partial charge < -0.3 is 4.42 Å². The van der Waals surface area contributed by atoms with Gasteiger partial charge in [-0.2, -0.15) is 0 Å². The van der Waals surface area contributed by atoms with Crippen LogP contribution in [0.3, 0.4) is 0 Å². The number of benzene rings is 2. The molecule has 3 rings (SSSR count). The predicted octanol–water partition coefficient (Wildman–Crippen LogP) is 3.77. The van der Waals surface area contributed by atoms with E-state index in [9.17, 15) is 4.79 Å². The lowest BCUT2D eigenvalue weighted by Crippen LogP contribution is -2.04. The van der Waals surface area contributed by atoms with Gasteiger partial charge in [0.15, 0.2) is 5.43 Å². The van der Waals surface area contributed by atoms with Crippen LogP contribution in [-0.4, -0.2) is 0 Å². The van der Waals surface area contributed by atoms with Gasteiger partial charge in [-0.05, 0) is 30.2 Å². The summed E-state index contributed by atoms with van der Waals surface area (Å²) in [5.41, 5.74) is 3.22. The maximum atomic E-state index is 12.4. The topological polar surface area (TPSA) is 30.2 Å². The van der Waals surface area contributed by atoms with Crippen molar-refractivity contribution in [2.24, 2.45) is 0 Å². The Hall–Kier alpha value is -2.35. The molecule has 0 bridgehead atoms. The third-order valence-corrected chi connectivity index (χ3v) is 3.01. The molecule has 1 heterocycles. The van der Waals surface area contributed by atoms with Crippen LogP contribution < -0.4 is 5.43 Å². The maximum absolute atomic E-state index is 12.4. The van der Waals surface area contributed by atoms with E-state index in [4.69, 9.17) is 4.42 Å². The molecule has 0 unspecified atom stereocenters. The van der Waals surface area contributed by atoms with Crippen LogP contribution in [0, 0.1) is 6.92 Å². The summed E-state index contributed by atoms with van der Waals surface area (Å²) in [4.78, 5) is 12.4. The van der Waals surface area contributed by atoms with Gasteiger partial charge in [0.25, 0.3) is 0 Å². The smallest absolute Gasteiger partial charge is 0.200 e. The SMILES string of the molecule is Cc1ccc2c(=O)c(-c3ccccc3)coc2c1. The second-order valence-electron chi connectivity index (χ2n) is 4.34. The van der Waals surface area contributed by atoms with Crippen LogP contribution in [0.25, 0.3) is 22.1 Å². The second-order valence-corrected chi connectivity index (χ2v) is 4.34. The van der Waals surface area contributed by atoms with Crippen molar-refractivity contribution >= 4 is 11.0 Å². The average Bonchev–Trinajstić information content (AvgIpc) is 2.40. The fourth-order valence-electron chi connectivity index (χ4n) is 2.05. The van der Waals surface area contributed by atoms with Crippen molar-refractivity contribution in [3.63, 3.8) is 0 Å². The lowest BCUT2D eigenvalue weighted by Gasteiger charge is -2.03. The van der Waals surface area contributed by atoms with E-state index < -0.39 is 0 Å². The van der Waals surface area contributed by atoms with Crippen molar-refractivity contribution in [3.05, 3.63) is 70.6 Å². The van der Waals surface area contributed by atoms with Crippen molar-refractivity contribution in [2.75, 3.05) is 0 Å². The van der Waals surface area contributed by atoms with Gasteiger partial charge >= 0.3 is 0 Å². The fraction of sp³-hybridized carbons (Fsp3) is 0.0625. The minimum Gasteiger partial charge on any atom is -0.463 e. The van der Waals surface area contributed by atoms with Gasteiger partial charge in [0, 0.05) is 0 Å². The van der Waals surface area contributed by atoms with Crippen LogP contribution in [0.1, 0.15) is 5.56 Å². The van der Waals surface area contributed by atoms with E-state index in [1.165, 1.54) is 0 Å². The molecule has 0 radical (unpaired) electrons. The van der Waals surface area contributed by atoms with Crippen LogP contribution in [-0.2, 0) is 0 Å². The largest absolute Gasteiger partial charge is 0.463 e. The van der Waals surface area contributed by atoms with Crippen LogP contribution in [0.2, 0.25) is 0 Å². The highest BCUT2D eigenvalue weighted by atomic mass is 16.3. The van der Waals surface area contributed by atoms with E-state index in [0.717, 1.165) is 11.1 Å². The molecule has 3 aromatic rings. The van der Waals surface area contributed by atoms with Crippen molar-refractivity contribution in [2.45, 2.75) is 6.92 Å². The molecule has 0 spiro atoms. The summed E-state index contributed by atoms with van der Waals surface area (Å²) in [5.74, 6) is 0. The Labute approximate surface area is 105 Å². The van der Waals surface area contributed by atoms with Crippen LogP contribution in [0.15, 0.2) is 64.0 Å². The molecule has 0 saturated heterocycles. The highest BCUT2D eigenvalue weighted by Crippen LogP contribution is 2.19. The van der Waals surface area contributed by atoms with E-state index in [1.54, 1.807) is 6.26 Å². The molecule has 0 fully saturated rings. The van der Waals surface area contributed by atoms with E-state index in [2.05, 4.69) is 0 Å². The van der Waals surface area contributed by atoms with Gasteiger partial charge in [-0.25, -0.2) is 0 Å². The van der Waals surface area contributed by atoms with E-state index in [0.29, 0.717) is 16.5 Å². The first-order chi connectivity index (χ1) is 8.75. The van der Waals surface area contributed by atoms with Gasteiger partial charge in [-0.3, -0.25) is 4.79 Å². The molecule has 2 nitrogen and oxygen atoms in total. The molecule has 0 atom stereocenters. The predicted molar refractivity (Wildman–Crippen MR) is 72.7 cm³/mol. The molecule has 0 saturated carbocycles. The molecule has 0 N–H and O–H groups in total. The van der Waals surface area contributed by atoms with Gasteiger partial charge in [0.2, 0.25) is 0 Å². The first kappa shape index (κ1) is 10.8. The summed E-state index contributed by atoms with van der Waals surface area (Å²) >= 11 is 0. The zero-order chi connectivity index (χ0) is 12.5. The molecule has 0 aliphatic carbocycles. The second kappa shape index (κ2) is 4.15. The Morgan fingerprint density at radius 3 is 2.56 bits per heavy atom. The standard InChI is InChI=1S/C16H12O2/c1-11-7-8-13-15(9-11)18-10-14(16(13)17)12-5-3-2-4-6-12/h2-10H,1H3. The zero-order valence-electron chi connectivity index (χ0n) is 10.0. The molecule has 0 aliphatic heterocycles. The summed E-state index contributed by atoms with van der Waals surface area (Å²) in [6, 6.07) is 15.2. The van der Waals surface area contributed by atoms with Gasteiger partial charge in [0.05, 0.1) is 10.9 Å². The van der Waals surface area contributed by atoms with Gasteiger partial charge in [0.1, 0.15) is 11.8 Å². The summed E-state index contributed by atoms with van der Waals surface area (Å²) in [5, 5.41) is 0.627. The van der Waals surface area contributed by atoms with E-state index in [-0.39, 0.29) is 5.43 Å². The minimum absolute atomic E-state index is 0.0162. The van der Waals surface area contributed by atoms with Crippen molar-refractivity contribution in [1.29, 1.82) is 0 Å². The first-order valence-electron chi connectivity index (χ1n) is 5.83. The Morgan fingerprint density at radius 2 is 1.78 bits per heavy atom. The normalized spacial score (nSPS) is 10.7. The highest BCUT2D eigenvalue weighted by Gasteiger charge is 2.08. The van der Waals surface area contributed by atoms with Crippen molar-refractivity contribution in [3.8, 4) is 11.1 Å². The van der Waals surface area contributed by atoms with E-state index >= 15 is 0 Å². The molecule has 18 heavy (non-hydrogen) atoms. The molecular formula is C16H12O2. The molecular weight excluding hydrogens is 224 g/mol. The van der Waals surface area contributed by atoms with E-state index in [1.807, 2.05) is 55.5 Å². The summed E-state index contributed by atoms with van der Waals surface area (Å²) in [7, 11) is 0. The first-order valence-corrected chi connectivity index (χ1v) is 5.83. The monoisotopic (exact) mass is 236 g/mol. The van der Waals surface area contributed by atoms with Gasteiger partial charge in [-0.1, -0.05) is 36.4 Å². The molecule has 2 aromatic carbocycles. The Bertz CT molecular complexity index is 755. The zero-order valence-corrected chi connectivity index (χ0v) is 10.0. The third kappa shape index (κ3) is 1.72. The number of hydrogen-bond donors (Lipinski definition) is 0. The quantitative estimate of drug-likeness (QED) is 0.643. The lowest BCUT2D eigenvalue weighted by molar-refractivity contribution is 0.604. The number of hydrogen-bond acceptors (Lipinski definition) is 2. The van der Waals surface area contributed by atoms with Crippen LogP contribution in [0.4, 0.5) is 0 Å². The summed E-state index contributed by atoms with van der Waals surface area (Å²) in [6.07, 6.45) is 1.54. The van der Waals surface area contributed by atoms with Crippen LogP contribution >= 0.6 is 0 Å². The Balaban J connectivity index is 2.31. The number of aryl methyl sites for hydroxylation is 1. The van der Waals surface area contributed by atoms with Crippen LogP contribution in [0.5, 0.6) is 0 Å². The molecule has 2 heteroatoms. The average molecular weight is 236 g/mol. The molecule has 88 valence electrons. The number of fused-ring (bicyclic) bond motifs is 1. The molecule has 0 aliphatic rings. The highest BCUT2D eigenvalue weighted by molar-refractivity contribution is 5.81. The summed E-state index contributed by atoms with van der Waals surface area (Å²) in [6.45, 7) is 1.98. The fourth-order valence-corrected chi connectivity index (χ4v) is 2.05.